The predicted octanol–water partition coefficient (Wildman–Crippen LogP) is 3.72. The van der Waals surface area contributed by atoms with E-state index in [4.69, 9.17) is 11.6 Å². The second kappa shape index (κ2) is 4.89. The monoisotopic (exact) mass is 223 g/mol. The van der Waals surface area contributed by atoms with Crippen LogP contribution < -0.4 is 4.90 Å². The fourth-order valence-electron chi connectivity index (χ4n) is 2.29. The normalized spacial score (nSPS) is 16.8. The summed E-state index contributed by atoms with van der Waals surface area (Å²) in [4.78, 5) is 2.49. The quantitative estimate of drug-likeness (QED) is 0.691. The molecule has 0 amide bonds. The molecule has 1 heterocycles. The Kier molecular flexibility index (Phi) is 3.53. The first kappa shape index (κ1) is 10.8. The molecule has 0 aromatic heterocycles. The summed E-state index contributed by atoms with van der Waals surface area (Å²) in [6, 6.07) is 6.46. The molecule has 82 valence electrons. The summed E-state index contributed by atoms with van der Waals surface area (Å²) < 4.78 is 0. The van der Waals surface area contributed by atoms with Crippen LogP contribution in [0.25, 0.3) is 0 Å². The highest BCUT2D eigenvalue weighted by Gasteiger charge is 2.13. The van der Waals surface area contributed by atoms with Gasteiger partial charge in [-0.05, 0) is 43.4 Å². The minimum atomic E-state index is 0.619. The lowest BCUT2D eigenvalue weighted by Crippen LogP contribution is -2.30. The maximum Gasteiger partial charge on any atom is 0.0477 e. The smallest absolute Gasteiger partial charge is 0.0477 e. The van der Waals surface area contributed by atoms with Gasteiger partial charge in [0.15, 0.2) is 0 Å². The van der Waals surface area contributed by atoms with Gasteiger partial charge in [-0.3, -0.25) is 0 Å². The van der Waals surface area contributed by atoms with Crippen LogP contribution in [-0.4, -0.2) is 13.1 Å². The second-order valence-corrected chi connectivity index (χ2v) is 4.51. The largest absolute Gasteiger partial charge is 0.371 e. The lowest BCUT2D eigenvalue weighted by molar-refractivity contribution is 0.577. The molecule has 1 aliphatic heterocycles. The highest BCUT2D eigenvalue weighted by molar-refractivity contribution is 6.17. The van der Waals surface area contributed by atoms with Crippen LogP contribution in [-0.2, 0) is 5.88 Å². The van der Waals surface area contributed by atoms with Gasteiger partial charge in [0.2, 0.25) is 0 Å². The minimum Gasteiger partial charge on any atom is -0.371 e. The second-order valence-electron chi connectivity index (χ2n) is 4.24. The molecule has 2 rings (SSSR count). The standard InChI is InChI=1S/C13H18ClN/c1-11-12(10-14)6-5-7-13(11)15-8-3-2-4-9-15/h5-7H,2-4,8-10H2,1H3. The lowest BCUT2D eigenvalue weighted by Gasteiger charge is -2.30. The third-order valence-electron chi connectivity index (χ3n) is 3.26. The van der Waals surface area contributed by atoms with Gasteiger partial charge in [-0.15, -0.1) is 11.6 Å². The van der Waals surface area contributed by atoms with Crippen molar-refractivity contribution in [2.45, 2.75) is 32.1 Å². The SMILES string of the molecule is Cc1c(CCl)cccc1N1CCCCC1. The molecule has 1 aliphatic rings. The van der Waals surface area contributed by atoms with Crippen molar-refractivity contribution in [3.8, 4) is 0 Å². The van der Waals surface area contributed by atoms with Crippen LogP contribution in [0.1, 0.15) is 30.4 Å². The van der Waals surface area contributed by atoms with E-state index in [9.17, 15) is 0 Å². The van der Waals surface area contributed by atoms with Crippen LogP contribution in [0.5, 0.6) is 0 Å². The molecular weight excluding hydrogens is 206 g/mol. The summed E-state index contributed by atoms with van der Waals surface area (Å²) in [5.74, 6) is 0.619. The summed E-state index contributed by atoms with van der Waals surface area (Å²) >= 11 is 5.92. The molecule has 0 N–H and O–H groups in total. The Hall–Kier alpha value is -0.690. The topological polar surface area (TPSA) is 3.24 Å². The highest BCUT2D eigenvalue weighted by atomic mass is 35.5. The predicted molar refractivity (Wildman–Crippen MR) is 66.8 cm³/mol. The van der Waals surface area contributed by atoms with Crippen molar-refractivity contribution in [1.29, 1.82) is 0 Å². The van der Waals surface area contributed by atoms with Crippen LogP contribution in [0.3, 0.4) is 0 Å². The highest BCUT2D eigenvalue weighted by Crippen LogP contribution is 2.26. The third kappa shape index (κ3) is 2.28. The van der Waals surface area contributed by atoms with Crippen molar-refractivity contribution in [1.82, 2.24) is 0 Å². The Labute approximate surface area is 97.0 Å². The van der Waals surface area contributed by atoms with Crippen molar-refractivity contribution < 1.29 is 0 Å². The zero-order valence-corrected chi connectivity index (χ0v) is 10.1. The number of benzene rings is 1. The first-order valence-electron chi connectivity index (χ1n) is 5.72. The van der Waals surface area contributed by atoms with E-state index >= 15 is 0 Å². The van der Waals surface area contributed by atoms with Gasteiger partial charge in [-0.25, -0.2) is 0 Å². The molecule has 0 radical (unpaired) electrons. The van der Waals surface area contributed by atoms with Crippen molar-refractivity contribution in [2.75, 3.05) is 18.0 Å². The maximum atomic E-state index is 5.92. The number of nitrogens with zero attached hydrogens (tertiary/aromatic N) is 1. The third-order valence-corrected chi connectivity index (χ3v) is 3.55. The average Bonchev–Trinajstić information content (AvgIpc) is 2.30. The average molecular weight is 224 g/mol. The first-order chi connectivity index (χ1) is 7.33. The van der Waals surface area contributed by atoms with Gasteiger partial charge < -0.3 is 4.90 Å². The number of halogens is 1. The molecule has 0 aliphatic carbocycles. The van der Waals surface area contributed by atoms with Gasteiger partial charge in [-0.1, -0.05) is 12.1 Å². The van der Waals surface area contributed by atoms with E-state index in [2.05, 4.69) is 30.0 Å². The van der Waals surface area contributed by atoms with Gasteiger partial charge in [0.25, 0.3) is 0 Å². The van der Waals surface area contributed by atoms with Gasteiger partial charge in [0, 0.05) is 24.7 Å². The molecule has 1 nitrogen and oxygen atoms in total. The molecule has 1 saturated heterocycles. The molecule has 1 aromatic rings. The fraction of sp³-hybridized carbons (Fsp3) is 0.538. The van der Waals surface area contributed by atoms with E-state index in [-0.39, 0.29) is 0 Å². The molecule has 0 atom stereocenters. The molecule has 0 unspecified atom stereocenters. The number of anilines is 1. The fourth-order valence-corrected chi connectivity index (χ4v) is 2.58. The van der Waals surface area contributed by atoms with Crippen LogP contribution in [0.2, 0.25) is 0 Å². The maximum absolute atomic E-state index is 5.92. The number of hydrogen-bond donors (Lipinski definition) is 0. The number of hydrogen-bond acceptors (Lipinski definition) is 1. The first-order valence-corrected chi connectivity index (χ1v) is 6.26. The molecule has 15 heavy (non-hydrogen) atoms. The molecule has 2 heteroatoms. The molecular formula is C13H18ClN. The van der Waals surface area contributed by atoms with E-state index in [1.807, 2.05) is 0 Å². The Morgan fingerprint density at radius 1 is 1.20 bits per heavy atom. The Morgan fingerprint density at radius 3 is 2.60 bits per heavy atom. The summed E-state index contributed by atoms with van der Waals surface area (Å²) in [6.07, 6.45) is 4.03. The van der Waals surface area contributed by atoms with Crippen molar-refractivity contribution in [2.24, 2.45) is 0 Å². The van der Waals surface area contributed by atoms with E-state index < -0.39 is 0 Å². The van der Waals surface area contributed by atoms with E-state index in [1.54, 1.807) is 0 Å². The molecule has 0 saturated carbocycles. The van der Waals surface area contributed by atoms with Crippen molar-refractivity contribution >= 4 is 17.3 Å². The molecule has 1 fully saturated rings. The summed E-state index contributed by atoms with van der Waals surface area (Å²) in [7, 11) is 0. The molecule has 0 bridgehead atoms. The number of rotatable bonds is 2. The zero-order chi connectivity index (χ0) is 10.7. The van der Waals surface area contributed by atoms with Crippen molar-refractivity contribution in [3.63, 3.8) is 0 Å². The van der Waals surface area contributed by atoms with Gasteiger partial charge in [0.1, 0.15) is 0 Å². The Bertz CT molecular complexity index is 329. The Morgan fingerprint density at radius 2 is 1.93 bits per heavy atom. The minimum absolute atomic E-state index is 0.619. The van der Waals surface area contributed by atoms with Gasteiger partial charge >= 0.3 is 0 Å². The van der Waals surface area contributed by atoms with E-state index in [0.717, 1.165) is 0 Å². The molecule has 1 aromatic carbocycles. The summed E-state index contributed by atoms with van der Waals surface area (Å²) in [5.41, 5.74) is 4.00. The van der Waals surface area contributed by atoms with Gasteiger partial charge in [0.05, 0.1) is 0 Å². The number of alkyl halides is 1. The van der Waals surface area contributed by atoms with Crippen LogP contribution in [0.15, 0.2) is 18.2 Å². The number of piperidine rings is 1. The lowest BCUT2D eigenvalue weighted by atomic mass is 10.0. The van der Waals surface area contributed by atoms with Crippen LogP contribution in [0.4, 0.5) is 5.69 Å². The van der Waals surface area contributed by atoms with E-state index in [0.29, 0.717) is 5.88 Å². The van der Waals surface area contributed by atoms with Crippen molar-refractivity contribution in [3.05, 3.63) is 29.3 Å². The van der Waals surface area contributed by atoms with Crippen LogP contribution in [0, 0.1) is 6.92 Å². The van der Waals surface area contributed by atoms with Crippen LogP contribution >= 0.6 is 11.6 Å². The summed E-state index contributed by atoms with van der Waals surface area (Å²) in [6.45, 7) is 4.58. The van der Waals surface area contributed by atoms with E-state index in [1.165, 1.54) is 49.2 Å². The molecule has 0 spiro atoms. The Balaban J connectivity index is 2.26. The zero-order valence-electron chi connectivity index (χ0n) is 9.30. The van der Waals surface area contributed by atoms with Gasteiger partial charge in [-0.2, -0.15) is 0 Å². The summed E-state index contributed by atoms with van der Waals surface area (Å²) in [5, 5.41) is 0.